The highest BCUT2D eigenvalue weighted by Gasteiger charge is 2.47. The van der Waals surface area contributed by atoms with Crippen LogP contribution in [0.25, 0.3) is 0 Å². The second-order valence-corrected chi connectivity index (χ2v) is 8.10. The van der Waals surface area contributed by atoms with Gasteiger partial charge in [0.1, 0.15) is 5.92 Å². The summed E-state index contributed by atoms with van der Waals surface area (Å²) >= 11 is 0. The van der Waals surface area contributed by atoms with E-state index in [1.165, 1.54) is 20.3 Å². The zero-order valence-electron chi connectivity index (χ0n) is 19.0. The van der Waals surface area contributed by atoms with Gasteiger partial charge in [0.15, 0.2) is 17.3 Å². The van der Waals surface area contributed by atoms with E-state index in [0.29, 0.717) is 35.4 Å². The summed E-state index contributed by atoms with van der Waals surface area (Å²) in [7, 11) is 2.68. The summed E-state index contributed by atoms with van der Waals surface area (Å²) in [5, 5.41) is 13.3. The van der Waals surface area contributed by atoms with E-state index in [0.717, 1.165) is 0 Å². The fraction of sp³-hybridized carbons (Fsp3) is 0.458. The van der Waals surface area contributed by atoms with Gasteiger partial charge < -0.3 is 24.6 Å². The Kier molecular flexibility index (Phi) is 6.91. The normalized spacial score (nSPS) is 22.8. The number of methoxy groups -OCH3 is 2. The van der Waals surface area contributed by atoms with Gasteiger partial charge in [-0.2, -0.15) is 0 Å². The number of hydrogen-bond donors (Lipinski definition) is 2. The SMILES string of the molecule is CCCOC(=O)C1=C(C)NC2=C(C(=O)[C@@H](C(=O)OC)[C@@H](C)C2)[C@@H]1c1ccc(O)c(OC)c1. The number of dihydropyridines is 1. The minimum absolute atomic E-state index is 0.0637. The van der Waals surface area contributed by atoms with Crippen LogP contribution in [0.5, 0.6) is 11.5 Å². The summed E-state index contributed by atoms with van der Waals surface area (Å²) in [6.07, 6.45) is 1.10. The molecule has 8 nitrogen and oxygen atoms in total. The summed E-state index contributed by atoms with van der Waals surface area (Å²) < 4.78 is 15.6. The standard InChI is InChI=1S/C24H29NO7/c1-6-9-32-24(29)19-13(3)25-15-10-12(2)18(23(28)31-5)22(27)21(15)20(19)14-7-8-16(26)17(11-14)30-4/h7-8,11-12,18,20,25-26H,6,9-10H2,1-5H3/t12-,18-,20+/m0/s1. The Morgan fingerprint density at radius 2 is 1.97 bits per heavy atom. The Morgan fingerprint density at radius 3 is 2.59 bits per heavy atom. The first kappa shape index (κ1) is 23.4. The van der Waals surface area contributed by atoms with Crippen molar-refractivity contribution in [3.8, 4) is 11.5 Å². The lowest BCUT2D eigenvalue weighted by Crippen LogP contribution is -2.43. The fourth-order valence-electron chi connectivity index (χ4n) is 4.43. The number of Topliss-reactive ketones (excluding diaryl/α,β-unsaturated/α-hetero) is 1. The van der Waals surface area contributed by atoms with E-state index in [4.69, 9.17) is 14.2 Å². The number of allylic oxidation sites excluding steroid dienone is 3. The van der Waals surface area contributed by atoms with Crippen LogP contribution in [0.4, 0.5) is 0 Å². The molecule has 0 saturated carbocycles. The van der Waals surface area contributed by atoms with Crippen molar-refractivity contribution >= 4 is 17.7 Å². The predicted molar refractivity (Wildman–Crippen MR) is 116 cm³/mol. The molecule has 1 aromatic carbocycles. The van der Waals surface area contributed by atoms with Gasteiger partial charge in [-0.05, 0) is 43.4 Å². The minimum atomic E-state index is -0.964. The Morgan fingerprint density at radius 1 is 1.25 bits per heavy atom. The smallest absolute Gasteiger partial charge is 0.336 e. The number of rotatable bonds is 6. The lowest BCUT2D eigenvalue weighted by atomic mass is 9.69. The third-order valence-corrected chi connectivity index (χ3v) is 5.94. The maximum Gasteiger partial charge on any atom is 0.336 e. The van der Waals surface area contributed by atoms with Gasteiger partial charge in [-0.1, -0.05) is 19.9 Å². The molecular formula is C24H29NO7. The summed E-state index contributed by atoms with van der Waals surface area (Å²) in [5.41, 5.74) is 2.45. The number of benzene rings is 1. The summed E-state index contributed by atoms with van der Waals surface area (Å²) in [4.78, 5) is 39.1. The van der Waals surface area contributed by atoms with Crippen molar-refractivity contribution in [1.29, 1.82) is 0 Å². The first-order chi connectivity index (χ1) is 15.2. The number of ketones is 1. The number of aromatic hydroxyl groups is 1. The number of nitrogens with one attached hydrogen (secondary N) is 1. The minimum Gasteiger partial charge on any atom is -0.504 e. The molecule has 1 heterocycles. The molecule has 1 aliphatic heterocycles. The van der Waals surface area contributed by atoms with Crippen molar-refractivity contribution in [1.82, 2.24) is 5.32 Å². The Bertz CT molecular complexity index is 1010. The molecule has 2 aliphatic rings. The van der Waals surface area contributed by atoms with Crippen molar-refractivity contribution < 1.29 is 33.7 Å². The van der Waals surface area contributed by atoms with Crippen LogP contribution in [-0.4, -0.2) is 43.7 Å². The lowest BCUT2D eigenvalue weighted by molar-refractivity contribution is -0.151. The summed E-state index contributed by atoms with van der Waals surface area (Å²) in [6, 6.07) is 4.68. The van der Waals surface area contributed by atoms with Gasteiger partial charge in [0.05, 0.1) is 26.4 Å². The van der Waals surface area contributed by atoms with Gasteiger partial charge in [-0.25, -0.2) is 4.79 Å². The average molecular weight is 443 g/mol. The van der Waals surface area contributed by atoms with Gasteiger partial charge >= 0.3 is 11.9 Å². The van der Waals surface area contributed by atoms with E-state index >= 15 is 0 Å². The van der Waals surface area contributed by atoms with E-state index in [-0.39, 0.29) is 35.4 Å². The molecule has 32 heavy (non-hydrogen) atoms. The van der Waals surface area contributed by atoms with Gasteiger partial charge in [-0.3, -0.25) is 9.59 Å². The van der Waals surface area contributed by atoms with E-state index in [9.17, 15) is 19.5 Å². The van der Waals surface area contributed by atoms with Crippen LogP contribution in [0, 0.1) is 11.8 Å². The zero-order valence-corrected chi connectivity index (χ0v) is 19.0. The summed E-state index contributed by atoms with van der Waals surface area (Å²) in [6.45, 7) is 5.72. The fourth-order valence-corrected chi connectivity index (χ4v) is 4.43. The highest BCUT2D eigenvalue weighted by Crippen LogP contribution is 2.46. The first-order valence-electron chi connectivity index (χ1n) is 10.6. The second-order valence-electron chi connectivity index (χ2n) is 8.10. The Labute approximate surface area is 187 Å². The molecule has 0 aromatic heterocycles. The first-order valence-corrected chi connectivity index (χ1v) is 10.6. The van der Waals surface area contributed by atoms with Crippen molar-refractivity contribution in [3.05, 3.63) is 46.3 Å². The third kappa shape index (κ3) is 4.09. The molecular weight excluding hydrogens is 414 g/mol. The maximum atomic E-state index is 13.6. The zero-order chi connectivity index (χ0) is 23.6. The van der Waals surface area contributed by atoms with Gasteiger partial charge in [-0.15, -0.1) is 0 Å². The van der Waals surface area contributed by atoms with E-state index < -0.39 is 23.8 Å². The number of ether oxygens (including phenoxy) is 3. The summed E-state index contributed by atoms with van der Waals surface area (Å²) in [5.74, 6) is -3.39. The molecule has 0 saturated heterocycles. The van der Waals surface area contributed by atoms with Crippen molar-refractivity contribution in [3.63, 3.8) is 0 Å². The highest BCUT2D eigenvalue weighted by molar-refractivity contribution is 6.12. The molecule has 0 bridgehead atoms. The number of carbonyl (C=O) groups excluding carboxylic acids is 3. The van der Waals surface area contributed by atoms with E-state index in [1.54, 1.807) is 19.1 Å². The quantitative estimate of drug-likeness (QED) is 0.510. The number of hydrogen-bond acceptors (Lipinski definition) is 8. The van der Waals surface area contributed by atoms with Gasteiger partial charge in [0.2, 0.25) is 0 Å². The predicted octanol–water partition coefficient (Wildman–Crippen LogP) is 2.97. The molecule has 2 N–H and O–H groups in total. The van der Waals surface area contributed by atoms with Crippen LogP contribution in [0.15, 0.2) is 40.7 Å². The van der Waals surface area contributed by atoms with Crippen molar-refractivity contribution in [2.75, 3.05) is 20.8 Å². The molecule has 172 valence electrons. The maximum absolute atomic E-state index is 13.6. The van der Waals surface area contributed by atoms with Crippen LogP contribution >= 0.6 is 0 Å². The molecule has 3 rings (SSSR count). The molecule has 1 aromatic rings. The van der Waals surface area contributed by atoms with Crippen LogP contribution < -0.4 is 10.1 Å². The Balaban J connectivity index is 2.20. The topological polar surface area (TPSA) is 111 Å². The van der Waals surface area contributed by atoms with Crippen LogP contribution in [0.1, 0.15) is 45.1 Å². The molecule has 0 fully saturated rings. The van der Waals surface area contributed by atoms with Crippen molar-refractivity contribution in [2.45, 2.75) is 39.5 Å². The largest absolute Gasteiger partial charge is 0.504 e. The van der Waals surface area contributed by atoms with E-state index in [2.05, 4.69) is 5.32 Å². The lowest BCUT2D eigenvalue weighted by Gasteiger charge is -2.38. The molecule has 0 spiro atoms. The van der Waals surface area contributed by atoms with Crippen LogP contribution in [0.2, 0.25) is 0 Å². The van der Waals surface area contributed by atoms with Crippen LogP contribution in [-0.2, 0) is 23.9 Å². The molecule has 0 amide bonds. The third-order valence-electron chi connectivity index (χ3n) is 5.94. The number of phenols is 1. The number of phenolic OH excluding ortho intramolecular Hbond substituents is 1. The molecule has 0 unspecified atom stereocenters. The average Bonchev–Trinajstić information content (AvgIpc) is 2.76. The molecule has 3 atom stereocenters. The van der Waals surface area contributed by atoms with Crippen LogP contribution in [0.3, 0.4) is 0 Å². The number of esters is 2. The molecule has 0 radical (unpaired) electrons. The second kappa shape index (κ2) is 9.46. The van der Waals surface area contributed by atoms with E-state index in [1.807, 2.05) is 13.8 Å². The highest BCUT2D eigenvalue weighted by atomic mass is 16.5. The van der Waals surface area contributed by atoms with Gasteiger partial charge in [0.25, 0.3) is 0 Å². The monoisotopic (exact) mass is 443 g/mol. The van der Waals surface area contributed by atoms with Gasteiger partial charge in [0, 0.05) is 22.9 Å². The molecule has 8 heteroatoms. The molecule has 1 aliphatic carbocycles. The Hall–Kier alpha value is -3.29. The van der Waals surface area contributed by atoms with Crippen molar-refractivity contribution in [2.24, 2.45) is 11.8 Å². The number of carbonyl (C=O) groups is 3.